The molecule has 0 aliphatic rings. The van der Waals surface area contributed by atoms with Gasteiger partial charge in [-0.3, -0.25) is 10.0 Å². The largest absolute Gasteiger partial charge is 0.264 e. The van der Waals surface area contributed by atoms with Crippen LogP contribution in [0.2, 0.25) is 0 Å². The Labute approximate surface area is 111 Å². The second-order valence-electron chi connectivity index (χ2n) is 4.05. The van der Waals surface area contributed by atoms with E-state index < -0.39 is 0 Å². The van der Waals surface area contributed by atoms with Gasteiger partial charge in [-0.1, -0.05) is 0 Å². The minimum absolute atomic E-state index is 0.506. The van der Waals surface area contributed by atoms with Crippen LogP contribution in [-0.2, 0) is 4.84 Å². The van der Waals surface area contributed by atoms with Gasteiger partial charge in [0.2, 0.25) is 0 Å². The van der Waals surface area contributed by atoms with Gasteiger partial charge in [0.25, 0.3) is 0 Å². The lowest BCUT2D eigenvalue weighted by Gasteiger charge is -2.13. The zero-order chi connectivity index (χ0) is 14.0. The average Bonchev–Trinajstić information content (AvgIpc) is 2.73. The van der Waals surface area contributed by atoms with E-state index in [0.29, 0.717) is 22.2 Å². The summed E-state index contributed by atoms with van der Waals surface area (Å²) in [7, 11) is 1.37. The molecule has 1 aromatic carbocycles. The van der Waals surface area contributed by atoms with Gasteiger partial charge in [0.15, 0.2) is 0 Å². The Morgan fingerprint density at radius 2 is 1.95 bits per heavy atom. The van der Waals surface area contributed by atoms with E-state index in [1.54, 1.807) is 35.9 Å². The highest BCUT2D eigenvalue weighted by atomic mass is 16.9. The van der Waals surface area contributed by atoms with Gasteiger partial charge in [0.1, 0.15) is 5.69 Å². The van der Waals surface area contributed by atoms with Crippen molar-refractivity contribution >= 4 is 5.69 Å². The van der Waals surface area contributed by atoms with Crippen LogP contribution in [0.1, 0.15) is 17.0 Å². The van der Waals surface area contributed by atoms with Gasteiger partial charge in [-0.2, -0.15) is 10.4 Å². The van der Waals surface area contributed by atoms with Gasteiger partial charge in [-0.05, 0) is 38.1 Å². The SMILES string of the molecule is CON(O)c1c(C)nn(-c2ccc(C#N)cc2)c1C. The number of anilines is 1. The molecule has 0 radical (unpaired) electrons. The molecular formula is C13H14N4O2. The van der Waals surface area contributed by atoms with Crippen LogP contribution in [-0.4, -0.2) is 22.1 Å². The maximum Gasteiger partial charge on any atom is 0.139 e. The van der Waals surface area contributed by atoms with E-state index in [9.17, 15) is 5.21 Å². The molecule has 1 heterocycles. The van der Waals surface area contributed by atoms with E-state index in [4.69, 9.17) is 10.1 Å². The number of rotatable bonds is 3. The highest BCUT2D eigenvalue weighted by molar-refractivity contribution is 5.53. The number of hydrogen-bond acceptors (Lipinski definition) is 5. The summed E-state index contributed by atoms with van der Waals surface area (Å²) >= 11 is 0. The molecule has 2 aromatic rings. The van der Waals surface area contributed by atoms with Crippen molar-refractivity contribution < 1.29 is 10.0 Å². The van der Waals surface area contributed by atoms with Gasteiger partial charge in [0, 0.05) is 0 Å². The van der Waals surface area contributed by atoms with Crippen LogP contribution in [0.4, 0.5) is 5.69 Å². The second kappa shape index (κ2) is 5.10. The lowest BCUT2D eigenvalue weighted by molar-refractivity contribution is -0.0115. The molecule has 19 heavy (non-hydrogen) atoms. The van der Waals surface area contributed by atoms with Crippen LogP contribution >= 0.6 is 0 Å². The van der Waals surface area contributed by atoms with Crippen molar-refractivity contribution in [2.24, 2.45) is 0 Å². The molecule has 0 fully saturated rings. The maximum absolute atomic E-state index is 9.65. The van der Waals surface area contributed by atoms with Gasteiger partial charge in [-0.15, -0.1) is 5.23 Å². The topological polar surface area (TPSA) is 74.3 Å². The molecule has 0 aliphatic heterocycles. The molecule has 0 spiro atoms. The lowest BCUT2D eigenvalue weighted by atomic mass is 10.2. The van der Waals surface area contributed by atoms with E-state index in [1.807, 2.05) is 6.92 Å². The molecule has 0 amide bonds. The Hall–Kier alpha value is -2.36. The summed E-state index contributed by atoms with van der Waals surface area (Å²) in [5.74, 6) is 0. The molecule has 0 atom stereocenters. The van der Waals surface area contributed by atoms with Gasteiger partial charge < -0.3 is 0 Å². The average molecular weight is 258 g/mol. The fraction of sp³-hybridized carbons (Fsp3) is 0.231. The van der Waals surface area contributed by atoms with Gasteiger partial charge >= 0.3 is 0 Å². The summed E-state index contributed by atoms with van der Waals surface area (Å²) < 4.78 is 1.69. The molecule has 98 valence electrons. The number of nitrogens with zero attached hydrogens (tertiary/aromatic N) is 4. The molecule has 2 rings (SSSR count). The third kappa shape index (κ3) is 2.29. The smallest absolute Gasteiger partial charge is 0.139 e. The zero-order valence-corrected chi connectivity index (χ0v) is 11.0. The van der Waals surface area contributed by atoms with E-state index >= 15 is 0 Å². The van der Waals surface area contributed by atoms with E-state index in [2.05, 4.69) is 11.2 Å². The quantitative estimate of drug-likeness (QED) is 0.853. The number of aromatic nitrogens is 2. The first-order valence-electron chi connectivity index (χ1n) is 5.68. The van der Waals surface area contributed by atoms with Crippen molar-refractivity contribution in [3.8, 4) is 11.8 Å². The van der Waals surface area contributed by atoms with Crippen molar-refractivity contribution in [3.63, 3.8) is 0 Å². The summed E-state index contributed by atoms with van der Waals surface area (Å²) in [6.45, 7) is 3.61. The summed E-state index contributed by atoms with van der Waals surface area (Å²) in [6.07, 6.45) is 0. The third-order valence-corrected chi connectivity index (χ3v) is 2.86. The summed E-state index contributed by atoms with van der Waals surface area (Å²) in [6, 6.07) is 9.11. The van der Waals surface area contributed by atoms with Crippen molar-refractivity contribution in [1.29, 1.82) is 5.26 Å². The molecule has 0 aliphatic carbocycles. The summed E-state index contributed by atoms with van der Waals surface area (Å²) in [4.78, 5) is 4.78. The standard InChI is InChI=1S/C13H14N4O2/c1-9-13(17(18)19-3)10(2)16(15-9)12-6-4-11(8-14)5-7-12/h4-7,18H,1-3H3. The molecule has 1 aromatic heterocycles. The van der Waals surface area contributed by atoms with Crippen molar-refractivity contribution in [1.82, 2.24) is 9.78 Å². The number of benzene rings is 1. The zero-order valence-electron chi connectivity index (χ0n) is 11.0. The number of aryl methyl sites for hydroxylation is 1. The minimum Gasteiger partial charge on any atom is -0.264 e. The van der Waals surface area contributed by atoms with E-state index in [1.165, 1.54) is 7.11 Å². The molecular weight excluding hydrogens is 244 g/mol. The second-order valence-corrected chi connectivity index (χ2v) is 4.05. The first-order valence-corrected chi connectivity index (χ1v) is 5.68. The van der Waals surface area contributed by atoms with Gasteiger partial charge in [0.05, 0.1) is 35.8 Å². The molecule has 0 unspecified atom stereocenters. The Morgan fingerprint density at radius 1 is 1.32 bits per heavy atom. The number of hydrogen-bond donors (Lipinski definition) is 1. The highest BCUT2D eigenvalue weighted by Crippen LogP contribution is 2.25. The van der Waals surface area contributed by atoms with Gasteiger partial charge in [-0.25, -0.2) is 4.68 Å². The predicted octanol–water partition coefficient (Wildman–Crippen LogP) is 2.12. The Morgan fingerprint density at radius 3 is 2.47 bits per heavy atom. The first-order chi connectivity index (χ1) is 9.08. The van der Waals surface area contributed by atoms with Crippen LogP contribution < -0.4 is 5.23 Å². The molecule has 0 saturated carbocycles. The molecule has 1 N–H and O–H groups in total. The maximum atomic E-state index is 9.65. The lowest BCUT2D eigenvalue weighted by Crippen LogP contribution is -2.17. The van der Waals surface area contributed by atoms with Crippen molar-refractivity contribution in [3.05, 3.63) is 41.2 Å². The van der Waals surface area contributed by atoms with Crippen LogP contribution in [0.3, 0.4) is 0 Å². The Kier molecular flexibility index (Phi) is 3.51. The predicted molar refractivity (Wildman–Crippen MR) is 69.0 cm³/mol. The fourth-order valence-electron chi connectivity index (χ4n) is 1.93. The summed E-state index contributed by atoms with van der Waals surface area (Å²) in [5.41, 5.74) is 3.30. The normalized spacial score (nSPS) is 10.3. The van der Waals surface area contributed by atoms with Crippen molar-refractivity contribution in [2.75, 3.05) is 12.3 Å². The first kappa shape index (κ1) is 13.1. The Balaban J connectivity index is 2.48. The molecule has 6 nitrogen and oxygen atoms in total. The third-order valence-electron chi connectivity index (χ3n) is 2.86. The molecule has 6 heteroatoms. The van der Waals surface area contributed by atoms with Crippen LogP contribution in [0, 0.1) is 25.2 Å². The molecule has 0 saturated heterocycles. The van der Waals surface area contributed by atoms with Crippen LogP contribution in [0.25, 0.3) is 5.69 Å². The van der Waals surface area contributed by atoms with Crippen LogP contribution in [0.15, 0.2) is 24.3 Å². The van der Waals surface area contributed by atoms with Crippen molar-refractivity contribution in [2.45, 2.75) is 13.8 Å². The van der Waals surface area contributed by atoms with E-state index in [-0.39, 0.29) is 0 Å². The monoisotopic (exact) mass is 258 g/mol. The number of nitriles is 1. The van der Waals surface area contributed by atoms with E-state index in [0.717, 1.165) is 11.4 Å². The molecule has 0 bridgehead atoms. The Bertz CT molecular complexity index is 625. The summed E-state index contributed by atoms with van der Waals surface area (Å²) in [5, 5.41) is 23.5. The minimum atomic E-state index is 0.506. The fourth-order valence-corrected chi connectivity index (χ4v) is 1.93. The highest BCUT2D eigenvalue weighted by Gasteiger charge is 2.17. The van der Waals surface area contributed by atoms with Crippen LogP contribution in [0.5, 0.6) is 0 Å².